The predicted octanol–water partition coefficient (Wildman–Crippen LogP) is 4.44. The largest absolute Gasteiger partial charge is 0.494 e. The zero-order valence-corrected chi connectivity index (χ0v) is 33.7. The Bertz CT molecular complexity index is 2000. The second kappa shape index (κ2) is 19.1. The summed E-state index contributed by atoms with van der Waals surface area (Å²) in [7, 11) is 1.33. The van der Waals surface area contributed by atoms with Crippen LogP contribution < -0.4 is 19.9 Å². The summed E-state index contributed by atoms with van der Waals surface area (Å²) in [6.45, 7) is 5.18. The Morgan fingerprint density at radius 2 is 1.74 bits per heavy atom. The second-order valence-corrected chi connectivity index (χ2v) is 15.2. The number of benzene rings is 3. The highest BCUT2D eigenvalue weighted by molar-refractivity contribution is 6.10. The van der Waals surface area contributed by atoms with Crippen LogP contribution in [0.4, 0.5) is 17.1 Å². The quantitative estimate of drug-likeness (QED) is 0.0821. The van der Waals surface area contributed by atoms with Crippen molar-refractivity contribution < 1.29 is 44.0 Å². The molecule has 0 bridgehead atoms. The number of anilines is 3. The Balaban J connectivity index is 1.31. The maximum atomic E-state index is 14.5. The molecule has 3 aromatic rings. The zero-order chi connectivity index (χ0) is 41.4. The smallest absolute Gasteiger partial charge is 0.305 e. The normalized spacial score (nSPS) is 20.6. The van der Waals surface area contributed by atoms with E-state index in [0.717, 1.165) is 16.7 Å². The van der Waals surface area contributed by atoms with Crippen LogP contribution in [-0.4, -0.2) is 96.0 Å². The average molecular weight is 797 g/mol. The van der Waals surface area contributed by atoms with Crippen molar-refractivity contribution in [2.45, 2.75) is 89.4 Å². The van der Waals surface area contributed by atoms with E-state index in [4.69, 9.17) is 9.47 Å². The highest BCUT2D eigenvalue weighted by Crippen LogP contribution is 2.48. The number of amides is 3. The molecule has 13 nitrogen and oxygen atoms in total. The number of ether oxygens (including phenoxy) is 2. The van der Waals surface area contributed by atoms with Crippen LogP contribution in [0.3, 0.4) is 0 Å². The standard InChI is InChI=1S/C45H56N4O9/c1-4-58-36-18-20-39-33(25-36)26-38(46-21-8-10-23-50)43(54)49(39)34-17-19-40-37(27-34)45(56,44(55)47(40)22-9-7-16-42(53)57-3)30(2)12-11-15-41(52)48-28-32-14-6-5-13-31(32)24-35(48)29-51/h5-6,11-14,17-20,25,27,30,35,38,46,50-51,56H,4,7-10,15-16,21-24,26,28-29H2,1-3H3/b12-11+/t30-,35-,38?,45+/m0/s1. The fourth-order valence-corrected chi connectivity index (χ4v) is 8.33. The number of unbranched alkanes of at least 4 members (excludes halogenated alkanes) is 2. The van der Waals surface area contributed by atoms with Gasteiger partial charge in [0.25, 0.3) is 5.91 Å². The molecular weight excluding hydrogens is 741 g/mol. The number of nitrogens with zero attached hydrogens (tertiary/aromatic N) is 3. The number of esters is 1. The van der Waals surface area contributed by atoms with Gasteiger partial charge in [0.05, 0.1) is 43.8 Å². The van der Waals surface area contributed by atoms with Crippen LogP contribution in [0, 0.1) is 5.92 Å². The number of rotatable bonds is 18. The van der Waals surface area contributed by atoms with Crippen molar-refractivity contribution in [2.75, 3.05) is 49.8 Å². The number of aliphatic hydroxyl groups is 3. The Morgan fingerprint density at radius 1 is 0.966 bits per heavy atom. The van der Waals surface area contributed by atoms with Crippen molar-refractivity contribution in [2.24, 2.45) is 5.92 Å². The lowest BCUT2D eigenvalue weighted by Crippen LogP contribution is -2.49. The summed E-state index contributed by atoms with van der Waals surface area (Å²) in [5.74, 6) is -1.36. The maximum absolute atomic E-state index is 14.5. The Hall–Kier alpha value is -5.08. The summed E-state index contributed by atoms with van der Waals surface area (Å²) in [6.07, 6.45) is 6.80. The summed E-state index contributed by atoms with van der Waals surface area (Å²) in [4.78, 5) is 59.0. The van der Waals surface area contributed by atoms with Crippen molar-refractivity contribution in [1.82, 2.24) is 10.2 Å². The molecule has 0 aliphatic carbocycles. The van der Waals surface area contributed by atoms with Gasteiger partial charge in [0.2, 0.25) is 11.8 Å². The molecule has 58 heavy (non-hydrogen) atoms. The lowest BCUT2D eigenvalue weighted by Gasteiger charge is -2.36. The topological polar surface area (TPSA) is 169 Å². The first-order valence-corrected chi connectivity index (χ1v) is 20.4. The van der Waals surface area contributed by atoms with Gasteiger partial charge in [-0.1, -0.05) is 43.3 Å². The van der Waals surface area contributed by atoms with Crippen molar-refractivity contribution in [3.63, 3.8) is 0 Å². The summed E-state index contributed by atoms with van der Waals surface area (Å²) in [5, 5.41) is 35.4. The molecule has 0 aromatic heterocycles. The first-order valence-electron chi connectivity index (χ1n) is 20.4. The van der Waals surface area contributed by atoms with Gasteiger partial charge in [0, 0.05) is 49.7 Å². The lowest BCUT2D eigenvalue weighted by molar-refractivity contribution is -0.140. The van der Waals surface area contributed by atoms with Crippen LogP contribution in [0.5, 0.6) is 5.75 Å². The number of carbonyl (C=O) groups is 4. The van der Waals surface area contributed by atoms with Gasteiger partial charge in [-0.25, -0.2) is 0 Å². The van der Waals surface area contributed by atoms with Crippen LogP contribution in [-0.2, 0) is 48.9 Å². The Morgan fingerprint density at radius 3 is 2.48 bits per heavy atom. The first-order chi connectivity index (χ1) is 28.0. The fraction of sp³-hybridized carbons (Fsp3) is 0.467. The highest BCUT2D eigenvalue weighted by atomic mass is 16.5. The Labute approximate surface area is 340 Å². The molecule has 3 aliphatic heterocycles. The number of aliphatic hydroxyl groups excluding tert-OH is 2. The van der Waals surface area contributed by atoms with Gasteiger partial charge in [-0.3, -0.25) is 24.1 Å². The molecule has 0 spiro atoms. The van der Waals surface area contributed by atoms with E-state index in [9.17, 15) is 34.5 Å². The van der Waals surface area contributed by atoms with E-state index < -0.39 is 23.5 Å². The van der Waals surface area contributed by atoms with E-state index in [2.05, 4.69) is 5.32 Å². The average Bonchev–Trinajstić information content (AvgIpc) is 3.45. The van der Waals surface area contributed by atoms with Crippen LogP contribution in [0.2, 0.25) is 0 Å². The van der Waals surface area contributed by atoms with Crippen LogP contribution in [0.15, 0.2) is 72.8 Å². The van der Waals surface area contributed by atoms with Crippen LogP contribution in [0.1, 0.15) is 74.6 Å². The van der Waals surface area contributed by atoms with Crippen molar-refractivity contribution in [3.8, 4) is 5.75 Å². The van der Waals surface area contributed by atoms with Crippen LogP contribution in [0.25, 0.3) is 0 Å². The fourth-order valence-electron chi connectivity index (χ4n) is 8.33. The molecule has 3 heterocycles. The third-order valence-electron chi connectivity index (χ3n) is 11.5. The van der Waals surface area contributed by atoms with Gasteiger partial charge in [0.1, 0.15) is 5.75 Å². The summed E-state index contributed by atoms with van der Waals surface area (Å²) < 4.78 is 10.6. The van der Waals surface area contributed by atoms with Gasteiger partial charge >= 0.3 is 5.97 Å². The van der Waals surface area contributed by atoms with E-state index in [1.807, 2.05) is 49.4 Å². The summed E-state index contributed by atoms with van der Waals surface area (Å²) in [6, 6.07) is 17.8. The molecule has 0 saturated carbocycles. The summed E-state index contributed by atoms with van der Waals surface area (Å²) >= 11 is 0. The minimum absolute atomic E-state index is 0.00685. The molecule has 3 aliphatic rings. The van der Waals surface area contributed by atoms with E-state index in [1.54, 1.807) is 47.1 Å². The maximum Gasteiger partial charge on any atom is 0.305 e. The van der Waals surface area contributed by atoms with E-state index in [1.165, 1.54) is 12.0 Å². The molecule has 0 saturated heterocycles. The highest BCUT2D eigenvalue weighted by Gasteiger charge is 2.53. The van der Waals surface area contributed by atoms with Gasteiger partial charge in [-0.05, 0) is 105 Å². The minimum Gasteiger partial charge on any atom is -0.494 e. The number of hydrogen-bond acceptors (Lipinski definition) is 10. The number of carbonyl (C=O) groups excluding carboxylic acids is 4. The van der Waals surface area contributed by atoms with Gasteiger partial charge in [-0.2, -0.15) is 0 Å². The van der Waals surface area contributed by atoms with Crippen molar-refractivity contribution in [3.05, 3.63) is 95.1 Å². The second-order valence-electron chi connectivity index (χ2n) is 15.2. The summed E-state index contributed by atoms with van der Waals surface area (Å²) in [5.41, 5.74) is 2.97. The van der Waals surface area contributed by atoms with Gasteiger partial charge in [0.15, 0.2) is 5.60 Å². The van der Waals surface area contributed by atoms with E-state index >= 15 is 0 Å². The number of hydrogen-bond donors (Lipinski definition) is 4. The van der Waals surface area contributed by atoms with Gasteiger partial charge < -0.3 is 39.9 Å². The monoisotopic (exact) mass is 796 g/mol. The third kappa shape index (κ3) is 8.82. The predicted molar refractivity (Wildman–Crippen MR) is 220 cm³/mol. The van der Waals surface area contributed by atoms with E-state index in [0.29, 0.717) is 86.6 Å². The molecule has 3 aromatic carbocycles. The Kier molecular flexibility index (Phi) is 14.0. The number of fused-ring (bicyclic) bond motifs is 3. The SMILES string of the molecule is CCOc1ccc2c(c1)CC(NCCCCO)C(=O)N2c1ccc2c(c1)[C@](O)([C@@H](C)/C=C/CC(=O)N1Cc3ccccc3C[C@H]1CO)C(=O)N2CCCCC(=O)OC. The van der Waals surface area contributed by atoms with Crippen molar-refractivity contribution >= 4 is 40.8 Å². The molecule has 4 atom stereocenters. The molecule has 310 valence electrons. The molecule has 4 N–H and O–H groups in total. The molecule has 0 radical (unpaired) electrons. The van der Waals surface area contributed by atoms with Crippen molar-refractivity contribution in [1.29, 1.82) is 0 Å². The van der Waals surface area contributed by atoms with E-state index in [-0.39, 0.29) is 56.4 Å². The molecule has 0 fully saturated rings. The molecular formula is C45H56N4O9. The van der Waals surface area contributed by atoms with Gasteiger partial charge in [-0.15, -0.1) is 0 Å². The molecule has 1 unspecified atom stereocenters. The van der Waals surface area contributed by atoms with Crippen LogP contribution >= 0.6 is 0 Å². The first kappa shape index (κ1) is 42.5. The number of methoxy groups -OCH3 is 1. The molecule has 13 heteroatoms. The zero-order valence-electron chi connectivity index (χ0n) is 33.7. The molecule has 6 rings (SSSR count). The molecule has 3 amide bonds. The third-order valence-corrected chi connectivity index (χ3v) is 11.5. The minimum atomic E-state index is -2.05. The lowest BCUT2D eigenvalue weighted by atomic mass is 9.82. The number of nitrogens with one attached hydrogen (secondary N) is 1.